The lowest BCUT2D eigenvalue weighted by atomic mass is 10.2. The minimum absolute atomic E-state index is 0. The fourth-order valence-electron chi connectivity index (χ4n) is 1.42. The molecular weight excluding hydrogens is 264 g/mol. The summed E-state index contributed by atoms with van der Waals surface area (Å²) in [6, 6.07) is 10.1. The fourth-order valence-corrected chi connectivity index (χ4v) is 1.42. The molecule has 4 nitrogen and oxygen atoms in total. The van der Waals surface area contributed by atoms with Gasteiger partial charge in [-0.15, -0.1) is 12.4 Å². The number of rotatable bonds is 8. The standard InChI is InChI=1S/C14H22N2O2.ClH/c1-12(9-15)10-16-14(17)11-18-8-7-13-5-3-2-4-6-13;/h2-6,12H,7-11,15H2,1H3,(H,16,17);1H. The summed E-state index contributed by atoms with van der Waals surface area (Å²) in [6.07, 6.45) is 0.827. The highest BCUT2D eigenvalue weighted by Crippen LogP contribution is 1.99. The second-order valence-corrected chi connectivity index (χ2v) is 4.43. The number of ether oxygens (including phenoxy) is 1. The SMILES string of the molecule is CC(CN)CNC(=O)COCCc1ccccc1.Cl. The van der Waals surface area contributed by atoms with E-state index < -0.39 is 0 Å². The first-order valence-corrected chi connectivity index (χ1v) is 6.30. The number of carbonyl (C=O) groups excluding carboxylic acids is 1. The number of hydrogen-bond donors (Lipinski definition) is 2. The minimum atomic E-state index is -0.0802. The van der Waals surface area contributed by atoms with E-state index in [4.69, 9.17) is 10.5 Å². The van der Waals surface area contributed by atoms with Crippen LogP contribution in [0.5, 0.6) is 0 Å². The molecule has 3 N–H and O–H groups in total. The second kappa shape index (κ2) is 10.8. The lowest BCUT2D eigenvalue weighted by Gasteiger charge is -2.10. The molecule has 0 saturated carbocycles. The number of carbonyl (C=O) groups is 1. The van der Waals surface area contributed by atoms with E-state index in [-0.39, 0.29) is 24.9 Å². The van der Waals surface area contributed by atoms with Gasteiger partial charge in [-0.05, 0) is 24.4 Å². The predicted octanol–water partition coefficient (Wildman–Crippen LogP) is 1.38. The van der Waals surface area contributed by atoms with Crippen molar-refractivity contribution in [3.05, 3.63) is 35.9 Å². The Labute approximate surface area is 121 Å². The molecule has 1 amide bonds. The minimum Gasteiger partial charge on any atom is -0.371 e. The molecule has 108 valence electrons. The highest BCUT2D eigenvalue weighted by atomic mass is 35.5. The molecule has 0 aromatic heterocycles. The second-order valence-electron chi connectivity index (χ2n) is 4.43. The molecule has 1 aromatic carbocycles. The molecule has 0 radical (unpaired) electrons. The van der Waals surface area contributed by atoms with E-state index in [1.165, 1.54) is 5.56 Å². The molecule has 0 aliphatic heterocycles. The van der Waals surface area contributed by atoms with Crippen LogP contribution >= 0.6 is 12.4 Å². The molecule has 0 heterocycles. The zero-order chi connectivity index (χ0) is 13.2. The van der Waals surface area contributed by atoms with E-state index in [1.54, 1.807) is 0 Å². The summed E-state index contributed by atoms with van der Waals surface area (Å²) in [7, 11) is 0. The van der Waals surface area contributed by atoms with Crippen molar-refractivity contribution in [1.29, 1.82) is 0 Å². The summed E-state index contributed by atoms with van der Waals surface area (Å²) < 4.78 is 5.32. The Morgan fingerprint density at radius 2 is 2.05 bits per heavy atom. The fraction of sp³-hybridized carbons (Fsp3) is 0.500. The van der Waals surface area contributed by atoms with Gasteiger partial charge in [0.05, 0.1) is 6.61 Å². The van der Waals surface area contributed by atoms with Crippen molar-refractivity contribution in [2.24, 2.45) is 11.7 Å². The van der Waals surface area contributed by atoms with E-state index in [0.717, 1.165) is 6.42 Å². The Balaban J connectivity index is 0.00000324. The van der Waals surface area contributed by atoms with Gasteiger partial charge in [-0.25, -0.2) is 0 Å². The Kier molecular flexibility index (Phi) is 10.2. The van der Waals surface area contributed by atoms with E-state index in [0.29, 0.717) is 25.6 Å². The van der Waals surface area contributed by atoms with Crippen molar-refractivity contribution < 1.29 is 9.53 Å². The van der Waals surface area contributed by atoms with Crippen LogP contribution < -0.4 is 11.1 Å². The van der Waals surface area contributed by atoms with Crippen molar-refractivity contribution in [3.63, 3.8) is 0 Å². The number of hydrogen-bond acceptors (Lipinski definition) is 3. The quantitative estimate of drug-likeness (QED) is 0.710. The van der Waals surface area contributed by atoms with Crippen LogP contribution in [0.4, 0.5) is 0 Å². The van der Waals surface area contributed by atoms with Crippen molar-refractivity contribution >= 4 is 18.3 Å². The monoisotopic (exact) mass is 286 g/mol. The number of halogens is 1. The van der Waals surface area contributed by atoms with Gasteiger partial charge in [0.2, 0.25) is 5.91 Å². The molecule has 19 heavy (non-hydrogen) atoms. The molecule has 5 heteroatoms. The van der Waals surface area contributed by atoms with E-state index in [9.17, 15) is 4.79 Å². The average molecular weight is 287 g/mol. The Morgan fingerprint density at radius 1 is 1.37 bits per heavy atom. The van der Waals surface area contributed by atoms with Crippen molar-refractivity contribution in [2.45, 2.75) is 13.3 Å². The normalized spacial score (nSPS) is 11.5. The largest absolute Gasteiger partial charge is 0.371 e. The number of amides is 1. The first-order chi connectivity index (χ1) is 8.72. The van der Waals surface area contributed by atoms with Crippen molar-refractivity contribution in [1.82, 2.24) is 5.32 Å². The number of nitrogens with one attached hydrogen (secondary N) is 1. The molecule has 0 saturated heterocycles. The summed E-state index contributed by atoms with van der Waals surface area (Å²) in [4.78, 5) is 11.4. The number of nitrogens with two attached hydrogens (primary N) is 1. The molecule has 0 spiro atoms. The molecule has 0 aliphatic rings. The predicted molar refractivity (Wildman–Crippen MR) is 79.4 cm³/mol. The third kappa shape index (κ3) is 8.59. The van der Waals surface area contributed by atoms with Gasteiger partial charge in [0.1, 0.15) is 6.61 Å². The van der Waals surface area contributed by atoms with Gasteiger partial charge in [-0.2, -0.15) is 0 Å². The first-order valence-electron chi connectivity index (χ1n) is 6.30. The third-order valence-electron chi connectivity index (χ3n) is 2.66. The third-order valence-corrected chi connectivity index (χ3v) is 2.66. The van der Waals surface area contributed by atoms with Crippen molar-refractivity contribution in [3.8, 4) is 0 Å². The van der Waals surface area contributed by atoms with Gasteiger partial charge >= 0.3 is 0 Å². The Hall–Kier alpha value is -1.10. The molecule has 1 rings (SSSR count). The summed E-state index contributed by atoms with van der Waals surface area (Å²) in [5.41, 5.74) is 6.68. The van der Waals surface area contributed by atoms with Gasteiger partial charge in [0, 0.05) is 6.54 Å². The zero-order valence-electron chi connectivity index (χ0n) is 11.3. The summed E-state index contributed by atoms with van der Waals surface area (Å²) in [5, 5.41) is 2.79. The molecule has 1 unspecified atom stereocenters. The van der Waals surface area contributed by atoms with E-state index in [2.05, 4.69) is 5.32 Å². The van der Waals surface area contributed by atoms with Crippen LogP contribution in [0.15, 0.2) is 30.3 Å². The molecule has 0 bridgehead atoms. The van der Waals surface area contributed by atoms with Crippen LogP contribution in [-0.2, 0) is 16.0 Å². The van der Waals surface area contributed by atoms with E-state index >= 15 is 0 Å². The lowest BCUT2D eigenvalue weighted by molar-refractivity contribution is -0.125. The molecule has 1 aromatic rings. The van der Waals surface area contributed by atoms with Gasteiger partial charge < -0.3 is 15.8 Å². The number of benzene rings is 1. The Morgan fingerprint density at radius 3 is 2.68 bits per heavy atom. The highest BCUT2D eigenvalue weighted by molar-refractivity contribution is 5.85. The van der Waals surface area contributed by atoms with Crippen LogP contribution in [0, 0.1) is 5.92 Å². The highest BCUT2D eigenvalue weighted by Gasteiger charge is 2.04. The van der Waals surface area contributed by atoms with Crippen LogP contribution in [0.1, 0.15) is 12.5 Å². The molecule has 0 aliphatic carbocycles. The maximum atomic E-state index is 11.4. The van der Waals surface area contributed by atoms with E-state index in [1.807, 2.05) is 37.3 Å². The molecular formula is C14H23ClN2O2. The van der Waals surface area contributed by atoms with Gasteiger partial charge in [-0.3, -0.25) is 4.79 Å². The van der Waals surface area contributed by atoms with Crippen molar-refractivity contribution in [2.75, 3.05) is 26.3 Å². The van der Waals surface area contributed by atoms with Gasteiger partial charge in [0.25, 0.3) is 0 Å². The topological polar surface area (TPSA) is 64.3 Å². The van der Waals surface area contributed by atoms with Gasteiger partial charge in [0.15, 0.2) is 0 Å². The van der Waals surface area contributed by atoms with Gasteiger partial charge in [-0.1, -0.05) is 37.3 Å². The smallest absolute Gasteiger partial charge is 0.246 e. The summed E-state index contributed by atoms with van der Waals surface area (Å²) in [6.45, 7) is 3.86. The summed E-state index contributed by atoms with van der Waals surface area (Å²) in [5.74, 6) is 0.224. The maximum Gasteiger partial charge on any atom is 0.246 e. The first kappa shape index (κ1) is 17.9. The average Bonchev–Trinajstić information content (AvgIpc) is 2.42. The lowest BCUT2D eigenvalue weighted by Crippen LogP contribution is -2.33. The molecule has 0 fully saturated rings. The Bertz CT molecular complexity index is 347. The summed E-state index contributed by atoms with van der Waals surface area (Å²) >= 11 is 0. The molecule has 1 atom stereocenters. The van der Waals surface area contributed by atoms with Crippen LogP contribution in [0.3, 0.4) is 0 Å². The zero-order valence-corrected chi connectivity index (χ0v) is 12.1. The van der Waals surface area contributed by atoms with Crippen LogP contribution in [0.25, 0.3) is 0 Å². The van der Waals surface area contributed by atoms with Crippen LogP contribution in [-0.4, -0.2) is 32.2 Å². The maximum absolute atomic E-state index is 11.4. The van der Waals surface area contributed by atoms with Crippen LogP contribution in [0.2, 0.25) is 0 Å².